The smallest absolute Gasteiger partial charge is 0.217 e. The topological polar surface area (TPSA) is 41.6 Å². The average Bonchev–Trinajstić information content (AvgIpc) is 2.19. The number of nitrogens with one attached hydrogen (secondary N) is 1. The second-order valence-corrected chi connectivity index (χ2v) is 4.97. The van der Waals surface area contributed by atoms with Crippen LogP contribution in [0.3, 0.4) is 0 Å². The zero-order valence-corrected chi connectivity index (χ0v) is 10.8. The molecular weight excluding hydrogens is 204 g/mol. The standard InChI is InChI=1S/C12H24N2O2.H2/c1-9(2)12(13-11(4)15)7-14-5-6-16-8-10(14)3;/h9-10,12H,5-8H2,1-4H3,(H,13,15);1H/t10-,12+;/m1./s1. The number of morpholine rings is 1. The van der Waals surface area contributed by atoms with Crippen molar-refractivity contribution in [1.82, 2.24) is 10.2 Å². The molecule has 1 aliphatic heterocycles. The number of ether oxygens (including phenoxy) is 1. The van der Waals surface area contributed by atoms with Gasteiger partial charge in [-0.1, -0.05) is 13.8 Å². The fourth-order valence-corrected chi connectivity index (χ4v) is 1.97. The monoisotopic (exact) mass is 230 g/mol. The van der Waals surface area contributed by atoms with E-state index in [1.807, 2.05) is 0 Å². The van der Waals surface area contributed by atoms with E-state index in [2.05, 4.69) is 31.0 Å². The highest BCUT2D eigenvalue weighted by atomic mass is 16.5. The maximum atomic E-state index is 11.1. The van der Waals surface area contributed by atoms with Gasteiger partial charge in [-0.2, -0.15) is 0 Å². The normalized spacial score (nSPS) is 24.4. The molecule has 16 heavy (non-hydrogen) atoms. The van der Waals surface area contributed by atoms with E-state index >= 15 is 0 Å². The molecule has 0 aliphatic carbocycles. The number of carbonyl (C=O) groups excluding carboxylic acids is 1. The Kier molecular flexibility index (Phi) is 5.22. The third-order valence-electron chi connectivity index (χ3n) is 3.13. The van der Waals surface area contributed by atoms with E-state index in [0.29, 0.717) is 12.0 Å². The van der Waals surface area contributed by atoms with E-state index in [9.17, 15) is 4.79 Å². The van der Waals surface area contributed by atoms with Crippen LogP contribution in [0.4, 0.5) is 0 Å². The Bertz CT molecular complexity index is 237. The first-order chi connectivity index (χ1) is 7.50. The molecule has 1 fully saturated rings. The van der Waals surface area contributed by atoms with Crippen molar-refractivity contribution in [3.05, 3.63) is 0 Å². The summed E-state index contributed by atoms with van der Waals surface area (Å²) in [5, 5.41) is 3.03. The van der Waals surface area contributed by atoms with Crippen molar-refractivity contribution < 1.29 is 11.0 Å². The summed E-state index contributed by atoms with van der Waals surface area (Å²) in [7, 11) is 0. The van der Waals surface area contributed by atoms with Crippen LogP contribution in [-0.2, 0) is 9.53 Å². The van der Waals surface area contributed by atoms with Crippen molar-refractivity contribution >= 4 is 5.91 Å². The van der Waals surface area contributed by atoms with E-state index in [-0.39, 0.29) is 13.4 Å². The summed E-state index contributed by atoms with van der Waals surface area (Å²) >= 11 is 0. The predicted molar refractivity (Wildman–Crippen MR) is 66.4 cm³/mol. The quantitative estimate of drug-likeness (QED) is 0.787. The van der Waals surface area contributed by atoms with Gasteiger partial charge in [0.1, 0.15) is 0 Å². The lowest BCUT2D eigenvalue weighted by Gasteiger charge is -2.37. The van der Waals surface area contributed by atoms with E-state index in [1.54, 1.807) is 6.92 Å². The van der Waals surface area contributed by atoms with Crippen molar-refractivity contribution in [2.75, 3.05) is 26.3 Å². The molecule has 2 atom stereocenters. The minimum absolute atomic E-state index is 0. The molecule has 1 amide bonds. The Morgan fingerprint density at radius 2 is 2.31 bits per heavy atom. The minimum atomic E-state index is 0. The molecule has 1 heterocycles. The first kappa shape index (κ1) is 13.5. The van der Waals surface area contributed by atoms with Crippen LogP contribution in [-0.4, -0.2) is 49.2 Å². The summed E-state index contributed by atoms with van der Waals surface area (Å²) in [5.41, 5.74) is 0. The van der Waals surface area contributed by atoms with Crippen LogP contribution in [0.2, 0.25) is 0 Å². The van der Waals surface area contributed by atoms with Crippen molar-refractivity contribution in [2.45, 2.75) is 39.8 Å². The third kappa shape index (κ3) is 4.10. The van der Waals surface area contributed by atoms with E-state index in [0.717, 1.165) is 26.3 Å². The minimum Gasteiger partial charge on any atom is -0.379 e. The zero-order chi connectivity index (χ0) is 12.1. The summed E-state index contributed by atoms with van der Waals surface area (Å²) in [6, 6.07) is 0.682. The molecule has 4 heteroatoms. The Morgan fingerprint density at radius 3 is 2.81 bits per heavy atom. The molecule has 0 bridgehead atoms. The molecule has 1 saturated heterocycles. The molecule has 1 N–H and O–H groups in total. The summed E-state index contributed by atoms with van der Waals surface area (Å²) in [5.74, 6) is 0.513. The van der Waals surface area contributed by atoms with Gasteiger partial charge in [0.05, 0.1) is 13.2 Å². The number of amides is 1. The Balaban J connectivity index is 0.00000256. The van der Waals surface area contributed by atoms with Gasteiger partial charge < -0.3 is 10.1 Å². The molecule has 0 aromatic heterocycles. The van der Waals surface area contributed by atoms with Gasteiger partial charge in [0.25, 0.3) is 0 Å². The number of nitrogens with zero attached hydrogens (tertiary/aromatic N) is 1. The van der Waals surface area contributed by atoms with Crippen molar-refractivity contribution in [1.29, 1.82) is 0 Å². The van der Waals surface area contributed by atoms with E-state index < -0.39 is 0 Å². The third-order valence-corrected chi connectivity index (χ3v) is 3.13. The van der Waals surface area contributed by atoms with Gasteiger partial charge in [-0.05, 0) is 12.8 Å². The van der Waals surface area contributed by atoms with Crippen molar-refractivity contribution in [2.24, 2.45) is 5.92 Å². The predicted octanol–water partition coefficient (Wildman–Crippen LogP) is 1.11. The molecule has 0 saturated carbocycles. The van der Waals surface area contributed by atoms with Gasteiger partial charge in [0.2, 0.25) is 5.91 Å². The van der Waals surface area contributed by atoms with E-state index in [1.165, 1.54) is 0 Å². The molecule has 4 nitrogen and oxygen atoms in total. The molecule has 0 spiro atoms. The molecule has 0 aromatic carbocycles. The Hall–Kier alpha value is -0.610. The van der Waals surface area contributed by atoms with Crippen LogP contribution in [0.15, 0.2) is 0 Å². The van der Waals surface area contributed by atoms with Crippen LogP contribution in [0.5, 0.6) is 0 Å². The van der Waals surface area contributed by atoms with Gasteiger partial charge in [0, 0.05) is 33.5 Å². The summed E-state index contributed by atoms with van der Waals surface area (Å²) < 4.78 is 5.41. The first-order valence-corrected chi connectivity index (χ1v) is 6.09. The SMILES string of the molecule is CC(=O)N[C@@H](CN1CCOC[C@H]1C)C(C)C.[HH]. The lowest BCUT2D eigenvalue weighted by molar-refractivity contribution is -0.120. The fourth-order valence-electron chi connectivity index (χ4n) is 1.97. The van der Waals surface area contributed by atoms with Crippen LogP contribution in [0.25, 0.3) is 0 Å². The number of hydrogen-bond acceptors (Lipinski definition) is 3. The maximum Gasteiger partial charge on any atom is 0.217 e. The summed E-state index contributed by atoms with van der Waals surface area (Å²) in [6.45, 7) is 11.5. The Morgan fingerprint density at radius 1 is 1.62 bits per heavy atom. The summed E-state index contributed by atoms with van der Waals surface area (Å²) in [6.07, 6.45) is 0. The second-order valence-electron chi connectivity index (χ2n) is 4.97. The highest BCUT2D eigenvalue weighted by molar-refractivity contribution is 5.73. The first-order valence-electron chi connectivity index (χ1n) is 6.09. The van der Waals surface area contributed by atoms with E-state index in [4.69, 9.17) is 4.74 Å². The fraction of sp³-hybridized carbons (Fsp3) is 0.917. The van der Waals surface area contributed by atoms with Crippen molar-refractivity contribution in [3.63, 3.8) is 0 Å². The second kappa shape index (κ2) is 6.21. The van der Waals surface area contributed by atoms with Crippen molar-refractivity contribution in [3.8, 4) is 0 Å². The lowest BCUT2D eigenvalue weighted by Crippen LogP contribution is -2.52. The molecule has 1 rings (SSSR count). The van der Waals surface area contributed by atoms with Gasteiger partial charge >= 0.3 is 0 Å². The average molecular weight is 230 g/mol. The van der Waals surface area contributed by atoms with Gasteiger partial charge in [-0.25, -0.2) is 0 Å². The molecule has 0 aromatic rings. The summed E-state index contributed by atoms with van der Waals surface area (Å²) in [4.78, 5) is 13.5. The molecule has 0 unspecified atom stereocenters. The highest BCUT2D eigenvalue weighted by Gasteiger charge is 2.24. The number of rotatable bonds is 4. The van der Waals surface area contributed by atoms with Crippen LogP contribution >= 0.6 is 0 Å². The number of carbonyl (C=O) groups is 1. The molecule has 1 aliphatic rings. The van der Waals surface area contributed by atoms with Gasteiger partial charge in [-0.3, -0.25) is 9.69 Å². The lowest BCUT2D eigenvalue weighted by atomic mass is 10.0. The van der Waals surface area contributed by atoms with Crippen LogP contribution in [0.1, 0.15) is 29.1 Å². The van der Waals surface area contributed by atoms with Gasteiger partial charge in [-0.15, -0.1) is 0 Å². The van der Waals surface area contributed by atoms with Gasteiger partial charge in [0.15, 0.2) is 0 Å². The largest absolute Gasteiger partial charge is 0.379 e. The Labute approximate surface area is 99.8 Å². The molecular formula is C12H26N2O2. The molecule has 96 valence electrons. The maximum absolute atomic E-state index is 11.1. The van der Waals surface area contributed by atoms with Crippen LogP contribution < -0.4 is 5.32 Å². The number of hydrogen-bond donors (Lipinski definition) is 1. The molecule has 0 radical (unpaired) electrons. The highest BCUT2D eigenvalue weighted by Crippen LogP contribution is 2.10. The zero-order valence-electron chi connectivity index (χ0n) is 10.8. The van der Waals surface area contributed by atoms with Crippen LogP contribution in [0, 0.1) is 5.92 Å².